The van der Waals surface area contributed by atoms with Crippen LogP contribution in [0.3, 0.4) is 0 Å². The summed E-state index contributed by atoms with van der Waals surface area (Å²) in [6.45, 7) is 5.08. The second-order valence-electron chi connectivity index (χ2n) is 6.11. The number of benzene rings is 1. The number of ether oxygens (including phenoxy) is 1. The number of nitrogens with zero attached hydrogens (tertiary/aromatic N) is 4. The van der Waals surface area contributed by atoms with Gasteiger partial charge in [-0.3, -0.25) is 14.2 Å². The van der Waals surface area contributed by atoms with Gasteiger partial charge in [0.2, 0.25) is 0 Å². The summed E-state index contributed by atoms with van der Waals surface area (Å²) in [5, 5.41) is 9.10. The molecule has 1 aromatic carbocycles. The van der Waals surface area contributed by atoms with Gasteiger partial charge in [-0.2, -0.15) is 10.2 Å². The monoisotopic (exact) mass is 384 g/mol. The number of allylic oxidation sites excluding steroid dienone is 1. The van der Waals surface area contributed by atoms with Gasteiger partial charge >= 0.3 is 0 Å². The van der Waals surface area contributed by atoms with E-state index in [9.17, 15) is 4.79 Å². The van der Waals surface area contributed by atoms with Gasteiger partial charge < -0.3 is 4.74 Å². The van der Waals surface area contributed by atoms with Gasteiger partial charge in [0.1, 0.15) is 5.75 Å². The van der Waals surface area contributed by atoms with Crippen molar-refractivity contribution < 1.29 is 9.53 Å². The standard InChI is InChI=1S/C20H21ClN4O2/c1-4-24-13-18(14(2)23-24)19(26)7-5-15-6-8-20(27-3)16(9-15)11-25-12-17(21)10-22-25/h5-10,12-13H,4,11H2,1-3H3/b7-5+. The molecule has 27 heavy (non-hydrogen) atoms. The summed E-state index contributed by atoms with van der Waals surface area (Å²) in [6.07, 6.45) is 8.49. The van der Waals surface area contributed by atoms with Crippen molar-refractivity contribution in [1.82, 2.24) is 19.6 Å². The maximum absolute atomic E-state index is 12.5. The highest BCUT2D eigenvalue weighted by Gasteiger charge is 2.11. The fourth-order valence-electron chi connectivity index (χ4n) is 2.81. The first-order valence-corrected chi connectivity index (χ1v) is 8.99. The van der Waals surface area contributed by atoms with Gasteiger partial charge in [0, 0.05) is 24.5 Å². The van der Waals surface area contributed by atoms with Crippen LogP contribution >= 0.6 is 11.6 Å². The SMILES string of the molecule is CCn1cc(C(=O)/C=C/c2ccc(OC)c(Cn3cc(Cl)cn3)c2)c(C)n1. The summed E-state index contributed by atoms with van der Waals surface area (Å²) < 4.78 is 8.93. The van der Waals surface area contributed by atoms with E-state index in [0.29, 0.717) is 17.1 Å². The molecular formula is C20H21ClN4O2. The highest BCUT2D eigenvalue weighted by Crippen LogP contribution is 2.22. The molecule has 2 aromatic heterocycles. The fourth-order valence-corrected chi connectivity index (χ4v) is 2.96. The molecule has 7 heteroatoms. The number of halogens is 1. The van der Waals surface area contributed by atoms with Crippen molar-refractivity contribution in [2.24, 2.45) is 0 Å². The van der Waals surface area contributed by atoms with Crippen molar-refractivity contribution in [1.29, 1.82) is 0 Å². The van der Waals surface area contributed by atoms with Crippen molar-refractivity contribution in [3.05, 3.63) is 70.3 Å². The van der Waals surface area contributed by atoms with Gasteiger partial charge in [-0.1, -0.05) is 23.7 Å². The van der Waals surface area contributed by atoms with Crippen molar-refractivity contribution in [2.45, 2.75) is 26.9 Å². The van der Waals surface area contributed by atoms with E-state index in [0.717, 1.165) is 29.1 Å². The zero-order valence-corrected chi connectivity index (χ0v) is 16.3. The van der Waals surface area contributed by atoms with Crippen molar-refractivity contribution in [3.63, 3.8) is 0 Å². The highest BCUT2D eigenvalue weighted by atomic mass is 35.5. The minimum atomic E-state index is -0.0663. The Hall–Kier alpha value is -2.86. The quantitative estimate of drug-likeness (QED) is 0.456. The van der Waals surface area contributed by atoms with Crippen molar-refractivity contribution >= 4 is 23.5 Å². The summed E-state index contributed by atoms with van der Waals surface area (Å²) in [4.78, 5) is 12.5. The lowest BCUT2D eigenvalue weighted by molar-refractivity contribution is 0.104. The molecule has 2 heterocycles. The zero-order valence-electron chi connectivity index (χ0n) is 15.5. The minimum absolute atomic E-state index is 0.0663. The second-order valence-corrected chi connectivity index (χ2v) is 6.55. The van der Waals surface area contributed by atoms with Crippen molar-refractivity contribution in [3.8, 4) is 5.75 Å². The molecule has 0 spiro atoms. The highest BCUT2D eigenvalue weighted by molar-refractivity contribution is 6.30. The average molecular weight is 385 g/mol. The Labute approximate surface area is 163 Å². The smallest absolute Gasteiger partial charge is 0.189 e. The van der Waals surface area contributed by atoms with Crippen LogP contribution < -0.4 is 4.74 Å². The third-order valence-electron chi connectivity index (χ3n) is 4.20. The van der Waals surface area contributed by atoms with Gasteiger partial charge in [0.25, 0.3) is 0 Å². The first-order chi connectivity index (χ1) is 13.0. The molecule has 3 rings (SSSR count). The summed E-state index contributed by atoms with van der Waals surface area (Å²) in [5.41, 5.74) is 3.20. The Bertz CT molecular complexity index is 988. The first kappa shape index (κ1) is 18.9. The number of aromatic nitrogens is 4. The lowest BCUT2D eigenvalue weighted by atomic mass is 10.1. The lowest BCUT2D eigenvalue weighted by Gasteiger charge is -2.09. The van der Waals surface area contributed by atoms with Crippen LogP contribution in [0.15, 0.2) is 42.9 Å². The van der Waals surface area contributed by atoms with Crippen LogP contribution in [-0.4, -0.2) is 32.5 Å². The van der Waals surface area contributed by atoms with Gasteiger partial charge in [0.15, 0.2) is 5.78 Å². The molecule has 0 aliphatic carbocycles. The Morgan fingerprint density at radius 2 is 2.11 bits per heavy atom. The molecule has 0 amide bonds. The van der Waals surface area contributed by atoms with E-state index < -0.39 is 0 Å². The van der Waals surface area contributed by atoms with E-state index in [2.05, 4.69) is 10.2 Å². The molecule has 0 saturated carbocycles. The topological polar surface area (TPSA) is 61.9 Å². The van der Waals surface area contributed by atoms with E-state index in [1.807, 2.05) is 32.0 Å². The molecular weight excluding hydrogens is 364 g/mol. The molecule has 0 atom stereocenters. The third kappa shape index (κ3) is 4.46. The Morgan fingerprint density at radius 3 is 2.74 bits per heavy atom. The number of hydrogen-bond acceptors (Lipinski definition) is 4. The Kier molecular flexibility index (Phi) is 5.76. The Morgan fingerprint density at radius 1 is 1.30 bits per heavy atom. The van der Waals surface area contributed by atoms with E-state index >= 15 is 0 Å². The number of aryl methyl sites for hydroxylation is 2. The molecule has 0 saturated heterocycles. The summed E-state index contributed by atoms with van der Waals surface area (Å²) in [7, 11) is 1.63. The molecule has 0 unspecified atom stereocenters. The maximum atomic E-state index is 12.5. The largest absolute Gasteiger partial charge is 0.496 e. The van der Waals surface area contributed by atoms with Crippen LogP contribution in [0.4, 0.5) is 0 Å². The molecule has 140 valence electrons. The van der Waals surface area contributed by atoms with Crippen LogP contribution in [0.25, 0.3) is 6.08 Å². The van der Waals surface area contributed by atoms with Crippen LogP contribution in [0.5, 0.6) is 5.75 Å². The minimum Gasteiger partial charge on any atom is -0.496 e. The number of rotatable bonds is 7. The molecule has 0 fully saturated rings. The summed E-state index contributed by atoms with van der Waals surface area (Å²) >= 11 is 5.93. The van der Waals surface area contributed by atoms with Crippen molar-refractivity contribution in [2.75, 3.05) is 7.11 Å². The number of ketones is 1. The van der Waals surface area contributed by atoms with Crippen LogP contribution in [0.2, 0.25) is 5.02 Å². The molecule has 0 bridgehead atoms. The molecule has 0 aliphatic rings. The van der Waals surface area contributed by atoms with E-state index in [-0.39, 0.29) is 5.78 Å². The molecule has 0 N–H and O–H groups in total. The molecule has 0 aliphatic heterocycles. The van der Waals surface area contributed by atoms with E-state index in [1.54, 1.807) is 47.2 Å². The van der Waals surface area contributed by atoms with Gasteiger partial charge in [-0.15, -0.1) is 0 Å². The Balaban J connectivity index is 1.81. The normalized spacial score (nSPS) is 11.3. The summed E-state index contributed by atoms with van der Waals surface area (Å²) in [5.74, 6) is 0.689. The number of hydrogen-bond donors (Lipinski definition) is 0. The molecule has 3 aromatic rings. The average Bonchev–Trinajstić information content (AvgIpc) is 3.25. The predicted molar refractivity (Wildman–Crippen MR) is 105 cm³/mol. The number of carbonyl (C=O) groups is 1. The summed E-state index contributed by atoms with van der Waals surface area (Å²) in [6, 6.07) is 5.76. The lowest BCUT2D eigenvalue weighted by Crippen LogP contribution is -2.02. The predicted octanol–water partition coefficient (Wildman–Crippen LogP) is 4.01. The maximum Gasteiger partial charge on any atom is 0.189 e. The number of carbonyl (C=O) groups excluding carboxylic acids is 1. The van der Waals surface area contributed by atoms with E-state index in [4.69, 9.17) is 16.3 Å². The third-order valence-corrected chi connectivity index (χ3v) is 4.40. The van der Waals surface area contributed by atoms with E-state index in [1.165, 1.54) is 0 Å². The van der Waals surface area contributed by atoms with Gasteiger partial charge in [-0.25, -0.2) is 0 Å². The second kappa shape index (κ2) is 8.22. The van der Waals surface area contributed by atoms with Gasteiger partial charge in [-0.05, 0) is 37.6 Å². The number of methoxy groups -OCH3 is 1. The molecule has 0 radical (unpaired) electrons. The molecule has 6 nitrogen and oxygen atoms in total. The fraction of sp³-hybridized carbons (Fsp3) is 0.250. The first-order valence-electron chi connectivity index (χ1n) is 8.61. The zero-order chi connectivity index (χ0) is 19.4. The van der Waals surface area contributed by atoms with Crippen LogP contribution in [0.1, 0.15) is 34.1 Å². The van der Waals surface area contributed by atoms with Gasteiger partial charge in [0.05, 0.1) is 36.1 Å². The van der Waals surface area contributed by atoms with Crippen LogP contribution in [-0.2, 0) is 13.1 Å². The van der Waals surface area contributed by atoms with Crippen LogP contribution in [0, 0.1) is 6.92 Å².